The second-order valence-electron chi connectivity index (χ2n) is 4.46. The van der Waals surface area contributed by atoms with Gasteiger partial charge in [-0.2, -0.15) is 0 Å². The van der Waals surface area contributed by atoms with Gasteiger partial charge in [0, 0.05) is 16.7 Å². The van der Waals surface area contributed by atoms with Gasteiger partial charge in [-0.05, 0) is 44.2 Å². The molecule has 0 heterocycles. The standard InChI is InChI=1S/C15H14ClNO2/c1-4-15(2,3)17-14(19)10-9-13(18)11-5-7-12(16)8-6-11/h1,5-10H,2-3H3,(H,17,19)/b10-9+. The van der Waals surface area contributed by atoms with E-state index < -0.39 is 11.4 Å². The number of ketones is 1. The van der Waals surface area contributed by atoms with Crippen LogP contribution >= 0.6 is 11.6 Å². The van der Waals surface area contributed by atoms with Crippen molar-refractivity contribution in [3.63, 3.8) is 0 Å². The van der Waals surface area contributed by atoms with Crippen LogP contribution in [0.2, 0.25) is 5.02 Å². The molecule has 19 heavy (non-hydrogen) atoms. The molecule has 4 heteroatoms. The largest absolute Gasteiger partial charge is 0.337 e. The van der Waals surface area contributed by atoms with E-state index >= 15 is 0 Å². The average Bonchev–Trinajstić information content (AvgIpc) is 2.36. The summed E-state index contributed by atoms with van der Waals surface area (Å²) in [5.74, 6) is 1.75. The number of amides is 1. The first-order valence-corrected chi connectivity index (χ1v) is 6.00. The zero-order valence-electron chi connectivity index (χ0n) is 10.7. The average molecular weight is 276 g/mol. The number of rotatable bonds is 4. The summed E-state index contributed by atoms with van der Waals surface area (Å²) in [6.07, 6.45) is 7.61. The van der Waals surface area contributed by atoms with E-state index in [0.717, 1.165) is 6.08 Å². The van der Waals surface area contributed by atoms with Gasteiger partial charge in [0.1, 0.15) is 0 Å². The highest BCUT2D eigenvalue weighted by molar-refractivity contribution is 6.30. The van der Waals surface area contributed by atoms with Crippen molar-refractivity contribution in [2.45, 2.75) is 19.4 Å². The second-order valence-corrected chi connectivity index (χ2v) is 4.90. The fourth-order valence-corrected chi connectivity index (χ4v) is 1.37. The number of terminal acetylenes is 1. The molecule has 0 saturated carbocycles. The highest BCUT2D eigenvalue weighted by Gasteiger charge is 2.15. The quantitative estimate of drug-likeness (QED) is 0.522. The SMILES string of the molecule is C#CC(C)(C)NC(=O)/C=C/C(=O)c1ccc(Cl)cc1. The maximum atomic E-state index is 11.7. The first-order chi connectivity index (χ1) is 8.84. The Balaban J connectivity index is 2.67. The molecule has 1 aromatic rings. The first kappa shape index (κ1) is 15.0. The van der Waals surface area contributed by atoms with Crippen LogP contribution < -0.4 is 5.32 Å². The number of benzene rings is 1. The van der Waals surface area contributed by atoms with Crippen LogP contribution in [-0.2, 0) is 4.79 Å². The molecule has 0 radical (unpaired) electrons. The smallest absolute Gasteiger partial charge is 0.245 e. The lowest BCUT2D eigenvalue weighted by molar-refractivity contribution is -0.117. The number of halogens is 1. The van der Waals surface area contributed by atoms with Crippen molar-refractivity contribution in [1.82, 2.24) is 5.32 Å². The summed E-state index contributed by atoms with van der Waals surface area (Å²) >= 11 is 5.72. The van der Waals surface area contributed by atoms with Crippen molar-refractivity contribution in [2.24, 2.45) is 0 Å². The maximum absolute atomic E-state index is 11.7. The Morgan fingerprint density at radius 2 is 1.84 bits per heavy atom. The van der Waals surface area contributed by atoms with E-state index in [2.05, 4.69) is 11.2 Å². The second kappa shape index (κ2) is 6.21. The van der Waals surface area contributed by atoms with Crippen LogP contribution in [0.1, 0.15) is 24.2 Å². The molecule has 0 atom stereocenters. The zero-order chi connectivity index (χ0) is 14.5. The Kier molecular flexibility index (Phi) is 4.91. The van der Waals surface area contributed by atoms with Crippen LogP contribution in [0.25, 0.3) is 0 Å². The molecule has 0 aliphatic heterocycles. The molecule has 0 aromatic heterocycles. The Hall–Kier alpha value is -2.05. The third-order valence-corrected chi connectivity index (χ3v) is 2.56. The number of hydrogen-bond donors (Lipinski definition) is 1. The van der Waals surface area contributed by atoms with E-state index in [1.807, 2.05) is 0 Å². The van der Waals surface area contributed by atoms with Gasteiger partial charge in [0.2, 0.25) is 5.91 Å². The molecule has 3 nitrogen and oxygen atoms in total. The van der Waals surface area contributed by atoms with E-state index in [0.29, 0.717) is 10.6 Å². The molecule has 0 bridgehead atoms. The van der Waals surface area contributed by atoms with Crippen LogP contribution in [0.15, 0.2) is 36.4 Å². The predicted octanol–water partition coefficient (Wildman–Crippen LogP) is 2.61. The molecule has 0 fully saturated rings. The molecular formula is C15H14ClNO2. The van der Waals surface area contributed by atoms with Crippen molar-refractivity contribution < 1.29 is 9.59 Å². The summed E-state index contributed by atoms with van der Waals surface area (Å²) < 4.78 is 0. The van der Waals surface area contributed by atoms with Gasteiger partial charge in [-0.3, -0.25) is 9.59 Å². The molecule has 1 N–H and O–H groups in total. The number of hydrogen-bond acceptors (Lipinski definition) is 2. The number of carbonyl (C=O) groups excluding carboxylic acids is 2. The van der Waals surface area contributed by atoms with Gasteiger partial charge >= 0.3 is 0 Å². The highest BCUT2D eigenvalue weighted by atomic mass is 35.5. The zero-order valence-corrected chi connectivity index (χ0v) is 11.5. The lowest BCUT2D eigenvalue weighted by Gasteiger charge is -2.17. The van der Waals surface area contributed by atoms with Gasteiger partial charge in [0.15, 0.2) is 5.78 Å². The topological polar surface area (TPSA) is 46.2 Å². The molecule has 0 aliphatic rings. The Morgan fingerprint density at radius 3 is 2.37 bits per heavy atom. The third-order valence-electron chi connectivity index (χ3n) is 2.31. The van der Waals surface area contributed by atoms with Crippen LogP contribution in [0.5, 0.6) is 0 Å². The van der Waals surface area contributed by atoms with Crippen molar-refractivity contribution in [3.8, 4) is 12.3 Å². The summed E-state index contributed by atoms with van der Waals surface area (Å²) in [7, 11) is 0. The van der Waals surface area contributed by atoms with Gasteiger partial charge in [-0.25, -0.2) is 0 Å². The summed E-state index contributed by atoms with van der Waals surface area (Å²) in [5, 5.41) is 3.14. The molecule has 1 aromatic carbocycles. The summed E-state index contributed by atoms with van der Waals surface area (Å²) in [6, 6.07) is 6.42. The normalized spacial score (nSPS) is 11.1. The number of allylic oxidation sites excluding steroid dienone is 1. The minimum atomic E-state index is -0.745. The Bertz CT molecular complexity index is 551. The van der Waals surface area contributed by atoms with Crippen molar-refractivity contribution in [2.75, 3.05) is 0 Å². The predicted molar refractivity (Wildman–Crippen MR) is 76.0 cm³/mol. The molecule has 1 amide bonds. The van der Waals surface area contributed by atoms with Gasteiger partial charge < -0.3 is 5.32 Å². The van der Waals surface area contributed by atoms with Gasteiger partial charge in [-0.15, -0.1) is 6.42 Å². The Labute approximate surface area is 117 Å². The van der Waals surface area contributed by atoms with E-state index in [1.54, 1.807) is 38.1 Å². The molecule has 0 aliphatic carbocycles. The van der Waals surface area contributed by atoms with Crippen LogP contribution in [0, 0.1) is 12.3 Å². The van der Waals surface area contributed by atoms with E-state index in [4.69, 9.17) is 18.0 Å². The molecule has 0 unspecified atom stereocenters. The van der Waals surface area contributed by atoms with Crippen LogP contribution in [0.3, 0.4) is 0 Å². The molecular weight excluding hydrogens is 262 g/mol. The minimum Gasteiger partial charge on any atom is -0.337 e. The lowest BCUT2D eigenvalue weighted by Crippen LogP contribution is -2.41. The fourth-order valence-electron chi connectivity index (χ4n) is 1.25. The lowest BCUT2D eigenvalue weighted by atomic mass is 10.1. The third kappa shape index (κ3) is 4.99. The minimum absolute atomic E-state index is 0.273. The van der Waals surface area contributed by atoms with Crippen LogP contribution in [-0.4, -0.2) is 17.2 Å². The van der Waals surface area contributed by atoms with Crippen molar-refractivity contribution in [3.05, 3.63) is 47.0 Å². The van der Waals surface area contributed by atoms with Crippen LogP contribution in [0.4, 0.5) is 0 Å². The van der Waals surface area contributed by atoms with Gasteiger partial charge in [0.05, 0.1) is 5.54 Å². The number of nitrogens with one attached hydrogen (secondary N) is 1. The van der Waals surface area contributed by atoms with Crippen molar-refractivity contribution in [1.29, 1.82) is 0 Å². The van der Waals surface area contributed by atoms with Gasteiger partial charge in [-0.1, -0.05) is 17.5 Å². The molecule has 98 valence electrons. The molecule has 1 rings (SSSR count). The number of carbonyl (C=O) groups is 2. The van der Waals surface area contributed by atoms with Gasteiger partial charge in [0.25, 0.3) is 0 Å². The maximum Gasteiger partial charge on any atom is 0.245 e. The first-order valence-electron chi connectivity index (χ1n) is 5.62. The van der Waals surface area contributed by atoms with E-state index in [9.17, 15) is 9.59 Å². The van der Waals surface area contributed by atoms with E-state index in [1.165, 1.54) is 6.08 Å². The Morgan fingerprint density at radius 1 is 1.26 bits per heavy atom. The summed E-state index contributed by atoms with van der Waals surface area (Å²) in [4.78, 5) is 23.3. The monoisotopic (exact) mass is 275 g/mol. The molecule has 0 saturated heterocycles. The van der Waals surface area contributed by atoms with E-state index in [-0.39, 0.29) is 5.78 Å². The molecule has 0 spiro atoms. The van der Waals surface area contributed by atoms with Crippen molar-refractivity contribution >= 4 is 23.3 Å². The highest BCUT2D eigenvalue weighted by Crippen LogP contribution is 2.10. The summed E-state index contributed by atoms with van der Waals surface area (Å²) in [6.45, 7) is 3.39. The fraction of sp³-hybridized carbons (Fsp3) is 0.200. The summed E-state index contributed by atoms with van der Waals surface area (Å²) in [5.41, 5.74) is -0.283.